The first kappa shape index (κ1) is 18.2. The minimum Gasteiger partial charge on any atom is -0.497 e. The van der Waals surface area contributed by atoms with Gasteiger partial charge in [-0.1, -0.05) is 35.9 Å². The molecule has 1 aromatic heterocycles. The maximum Gasteiger partial charge on any atom is 0.319 e. The minimum atomic E-state index is -0.287. The van der Waals surface area contributed by atoms with Crippen LogP contribution in [0.15, 0.2) is 48.5 Å². The molecule has 2 N–H and O–H groups in total. The molecule has 0 aliphatic heterocycles. The number of rotatable bonds is 5. The Labute approximate surface area is 161 Å². The number of carbonyl (C=O) groups is 1. The van der Waals surface area contributed by atoms with Gasteiger partial charge in [0.15, 0.2) is 0 Å². The number of methoxy groups -OCH3 is 1. The molecule has 0 aliphatic carbocycles. The molecule has 5 nitrogen and oxygen atoms in total. The molecule has 7 heteroatoms. The molecule has 0 spiro atoms. The van der Waals surface area contributed by atoms with E-state index in [1.165, 1.54) is 11.3 Å². The van der Waals surface area contributed by atoms with Crippen molar-refractivity contribution in [2.75, 3.05) is 12.4 Å². The number of thiazole rings is 1. The van der Waals surface area contributed by atoms with Crippen molar-refractivity contribution in [2.45, 2.75) is 13.5 Å². The van der Waals surface area contributed by atoms with E-state index >= 15 is 0 Å². The van der Waals surface area contributed by atoms with Crippen molar-refractivity contribution in [1.82, 2.24) is 10.3 Å². The Hall–Kier alpha value is -2.57. The van der Waals surface area contributed by atoms with Gasteiger partial charge in [-0.05, 0) is 25.1 Å². The number of amides is 2. The zero-order valence-electron chi connectivity index (χ0n) is 14.4. The third kappa shape index (κ3) is 4.33. The molecule has 2 aromatic carbocycles. The van der Waals surface area contributed by atoms with Crippen LogP contribution >= 0.6 is 22.9 Å². The topological polar surface area (TPSA) is 63.2 Å². The number of carbonyl (C=O) groups excluding carboxylic acids is 1. The number of aromatic nitrogens is 1. The Balaban J connectivity index is 1.64. The predicted octanol–water partition coefficient (Wildman–Crippen LogP) is 5.10. The van der Waals surface area contributed by atoms with Crippen LogP contribution in [0.2, 0.25) is 5.02 Å². The third-order valence-electron chi connectivity index (χ3n) is 3.73. The Morgan fingerprint density at radius 1 is 1.23 bits per heavy atom. The summed E-state index contributed by atoms with van der Waals surface area (Å²) in [5, 5.41) is 7.15. The molecule has 134 valence electrons. The Kier molecular flexibility index (Phi) is 5.75. The van der Waals surface area contributed by atoms with Gasteiger partial charge in [-0.15, -0.1) is 11.3 Å². The van der Waals surface area contributed by atoms with E-state index in [9.17, 15) is 4.79 Å². The van der Waals surface area contributed by atoms with Gasteiger partial charge in [-0.25, -0.2) is 9.78 Å². The number of aryl methyl sites for hydroxylation is 1. The summed E-state index contributed by atoms with van der Waals surface area (Å²) < 4.78 is 5.15. The largest absolute Gasteiger partial charge is 0.497 e. The smallest absolute Gasteiger partial charge is 0.319 e. The molecular formula is C19H18ClN3O2S. The molecule has 3 aromatic rings. The molecule has 0 unspecified atom stereocenters. The van der Waals surface area contributed by atoms with Crippen molar-refractivity contribution < 1.29 is 9.53 Å². The van der Waals surface area contributed by atoms with Gasteiger partial charge in [0, 0.05) is 22.2 Å². The third-order valence-corrected chi connectivity index (χ3v) is 5.25. The number of hydrogen-bond donors (Lipinski definition) is 2. The summed E-state index contributed by atoms with van der Waals surface area (Å²) >= 11 is 7.76. The van der Waals surface area contributed by atoms with Gasteiger partial charge >= 0.3 is 6.03 Å². The monoisotopic (exact) mass is 387 g/mol. The summed E-state index contributed by atoms with van der Waals surface area (Å²) in [6.45, 7) is 2.32. The van der Waals surface area contributed by atoms with E-state index in [0.29, 0.717) is 23.0 Å². The standard InChI is InChI=1S/C19H18ClN3O2S/c1-12-17(26-18(22-12)15-8-3-4-9-16(15)20)11-21-19(24)23-13-6-5-7-14(10-13)25-2/h3-10H,11H2,1-2H3,(H2,21,23,24). The fourth-order valence-electron chi connectivity index (χ4n) is 2.38. The number of ether oxygens (including phenoxy) is 1. The highest BCUT2D eigenvalue weighted by molar-refractivity contribution is 7.15. The number of nitrogens with zero attached hydrogens (tertiary/aromatic N) is 1. The number of halogens is 1. The predicted molar refractivity (Wildman–Crippen MR) is 106 cm³/mol. The van der Waals surface area contributed by atoms with Gasteiger partial charge in [0.2, 0.25) is 0 Å². The summed E-state index contributed by atoms with van der Waals surface area (Å²) in [4.78, 5) is 17.7. The number of anilines is 1. The Morgan fingerprint density at radius 3 is 2.81 bits per heavy atom. The molecule has 1 heterocycles. The minimum absolute atomic E-state index is 0.287. The molecule has 0 saturated carbocycles. The van der Waals surface area contributed by atoms with Gasteiger partial charge in [0.05, 0.1) is 24.4 Å². The second-order valence-corrected chi connectivity index (χ2v) is 7.04. The first-order valence-electron chi connectivity index (χ1n) is 7.97. The molecule has 0 aliphatic rings. The average Bonchev–Trinajstić information content (AvgIpc) is 3.01. The average molecular weight is 388 g/mol. The summed E-state index contributed by atoms with van der Waals surface area (Å²) in [5.74, 6) is 0.686. The van der Waals surface area contributed by atoms with E-state index in [2.05, 4.69) is 15.6 Å². The zero-order valence-corrected chi connectivity index (χ0v) is 15.9. The number of nitrogens with one attached hydrogen (secondary N) is 2. The SMILES string of the molecule is COc1cccc(NC(=O)NCc2sc(-c3ccccc3Cl)nc2C)c1. The number of benzene rings is 2. The van der Waals surface area contributed by atoms with E-state index in [1.807, 2.05) is 43.3 Å². The van der Waals surface area contributed by atoms with E-state index < -0.39 is 0 Å². The molecule has 0 saturated heterocycles. The molecule has 2 amide bonds. The van der Waals surface area contributed by atoms with Crippen LogP contribution in [-0.2, 0) is 6.54 Å². The van der Waals surface area contributed by atoms with Crippen molar-refractivity contribution in [3.8, 4) is 16.3 Å². The Bertz CT molecular complexity index is 927. The van der Waals surface area contributed by atoms with Gasteiger partial charge in [0.1, 0.15) is 10.8 Å². The van der Waals surface area contributed by atoms with Gasteiger partial charge in [-0.3, -0.25) is 0 Å². The molecule has 0 bridgehead atoms. The van der Waals surface area contributed by atoms with Crippen LogP contribution in [0.3, 0.4) is 0 Å². The summed E-state index contributed by atoms with van der Waals surface area (Å²) in [7, 11) is 1.59. The van der Waals surface area contributed by atoms with Crippen molar-refractivity contribution in [3.63, 3.8) is 0 Å². The van der Waals surface area contributed by atoms with Crippen molar-refractivity contribution in [1.29, 1.82) is 0 Å². The zero-order chi connectivity index (χ0) is 18.5. The van der Waals surface area contributed by atoms with Gasteiger partial charge in [-0.2, -0.15) is 0 Å². The van der Waals surface area contributed by atoms with Crippen LogP contribution in [0.25, 0.3) is 10.6 Å². The lowest BCUT2D eigenvalue weighted by Crippen LogP contribution is -2.28. The maximum atomic E-state index is 12.1. The second kappa shape index (κ2) is 8.21. The van der Waals surface area contributed by atoms with Crippen molar-refractivity contribution in [3.05, 3.63) is 64.1 Å². The first-order valence-corrected chi connectivity index (χ1v) is 9.16. The Morgan fingerprint density at radius 2 is 2.04 bits per heavy atom. The van der Waals surface area contributed by atoms with Gasteiger partial charge < -0.3 is 15.4 Å². The lowest BCUT2D eigenvalue weighted by atomic mass is 10.2. The number of urea groups is 1. The fourth-order valence-corrected chi connectivity index (χ4v) is 3.70. The van der Waals surface area contributed by atoms with Gasteiger partial charge in [0.25, 0.3) is 0 Å². The van der Waals surface area contributed by atoms with Crippen molar-refractivity contribution in [2.24, 2.45) is 0 Å². The van der Waals surface area contributed by atoms with E-state index in [1.54, 1.807) is 19.2 Å². The highest BCUT2D eigenvalue weighted by atomic mass is 35.5. The second-order valence-electron chi connectivity index (χ2n) is 5.55. The van der Waals surface area contributed by atoms with Crippen LogP contribution in [-0.4, -0.2) is 18.1 Å². The van der Waals surface area contributed by atoms with Crippen LogP contribution in [0.1, 0.15) is 10.6 Å². The maximum absolute atomic E-state index is 12.1. The normalized spacial score (nSPS) is 10.4. The lowest BCUT2D eigenvalue weighted by molar-refractivity contribution is 0.252. The highest BCUT2D eigenvalue weighted by Crippen LogP contribution is 2.32. The van der Waals surface area contributed by atoms with E-state index in [0.717, 1.165) is 21.1 Å². The molecule has 0 fully saturated rings. The van der Waals surface area contributed by atoms with E-state index in [-0.39, 0.29) is 6.03 Å². The van der Waals surface area contributed by atoms with Crippen LogP contribution in [0.5, 0.6) is 5.75 Å². The first-order chi connectivity index (χ1) is 12.6. The van der Waals surface area contributed by atoms with Crippen LogP contribution in [0.4, 0.5) is 10.5 Å². The molecule has 26 heavy (non-hydrogen) atoms. The molecule has 0 radical (unpaired) electrons. The fraction of sp³-hybridized carbons (Fsp3) is 0.158. The number of hydrogen-bond acceptors (Lipinski definition) is 4. The molecule has 3 rings (SSSR count). The molecular weight excluding hydrogens is 370 g/mol. The quantitative estimate of drug-likeness (QED) is 0.640. The summed E-state index contributed by atoms with van der Waals surface area (Å²) in [5.41, 5.74) is 2.44. The van der Waals surface area contributed by atoms with Crippen LogP contribution < -0.4 is 15.4 Å². The summed E-state index contributed by atoms with van der Waals surface area (Å²) in [6.07, 6.45) is 0. The van der Waals surface area contributed by atoms with Crippen molar-refractivity contribution >= 4 is 34.7 Å². The van der Waals surface area contributed by atoms with Crippen LogP contribution in [0, 0.1) is 6.92 Å². The highest BCUT2D eigenvalue weighted by Gasteiger charge is 2.12. The summed E-state index contributed by atoms with van der Waals surface area (Å²) in [6, 6.07) is 14.5. The lowest BCUT2D eigenvalue weighted by Gasteiger charge is -2.08. The molecule has 0 atom stereocenters. The van der Waals surface area contributed by atoms with E-state index in [4.69, 9.17) is 16.3 Å².